The molecule has 0 aliphatic carbocycles. The molecule has 0 bridgehead atoms. The van der Waals surface area contributed by atoms with Gasteiger partial charge in [0, 0.05) is 24.6 Å². The molecule has 0 radical (unpaired) electrons. The van der Waals surface area contributed by atoms with E-state index >= 15 is 0 Å². The van der Waals surface area contributed by atoms with Crippen molar-refractivity contribution in [2.24, 2.45) is 0 Å². The summed E-state index contributed by atoms with van der Waals surface area (Å²) in [6, 6.07) is 13.4. The first-order chi connectivity index (χ1) is 9.28. The molecule has 1 unspecified atom stereocenters. The SMILES string of the molecule is COCc1cccc(CNC(C)Cc2cccs2)c1. The highest BCUT2D eigenvalue weighted by molar-refractivity contribution is 7.09. The molecule has 1 N–H and O–H groups in total. The molecule has 102 valence electrons. The van der Waals surface area contributed by atoms with Crippen molar-refractivity contribution in [1.82, 2.24) is 5.32 Å². The third-order valence-corrected chi connectivity index (χ3v) is 3.94. The van der Waals surface area contributed by atoms with Gasteiger partial charge >= 0.3 is 0 Å². The molecular weight excluding hydrogens is 254 g/mol. The van der Waals surface area contributed by atoms with Crippen LogP contribution < -0.4 is 5.32 Å². The van der Waals surface area contributed by atoms with Crippen molar-refractivity contribution in [2.75, 3.05) is 7.11 Å². The van der Waals surface area contributed by atoms with Crippen LogP contribution >= 0.6 is 11.3 Å². The molecule has 2 rings (SSSR count). The van der Waals surface area contributed by atoms with Gasteiger partial charge in [-0.1, -0.05) is 30.3 Å². The van der Waals surface area contributed by atoms with Gasteiger partial charge in [0.25, 0.3) is 0 Å². The summed E-state index contributed by atoms with van der Waals surface area (Å²) < 4.78 is 5.16. The minimum absolute atomic E-state index is 0.490. The van der Waals surface area contributed by atoms with Gasteiger partial charge in [0.05, 0.1) is 6.61 Å². The van der Waals surface area contributed by atoms with Crippen LogP contribution in [0.2, 0.25) is 0 Å². The molecule has 19 heavy (non-hydrogen) atoms. The fourth-order valence-corrected chi connectivity index (χ4v) is 2.93. The lowest BCUT2D eigenvalue weighted by atomic mass is 10.1. The van der Waals surface area contributed by atoms with E-state index in [2.05, 4.69) is 54.0 Å². The Bertz CT molecular complexity index is 481. The van der Waals surface area contributed by atoms with Gasteiger partial charge in [-0.05, 0) is 35.9 Å². The van der Waals surface area contributed by atoms with Crippen LogP contribution in [0.5, 0.6) is 0 Å². The van der Waals surface area contributed by atoms with Gasteiger partial charge in [0.1, 0.15) is 0 Å². The predicted molar refractivity (Wildman–Crippen MR) is 81.5 cm³/mol. The molecule has 0 saturated heterocycles. The van der Waals surface area contributed by atoms with E-state index in [4.69, 9.17) is 4.74 Å². The number of nitrogens with one attached hydrogen (secondary N) is 1. The maximum Gasteiger partial charge on any atom is 0.0713 e. The Kier molecular flexibility index (Phi) is 5.58. The lowest BCUT2D eigenvalue weighted by Crippen LogP contribution is -2.27. The van der Waals surface area contributed by atoms with Crippen molar-refractivity contribution in [1.29, 1.82) is 0 Å². The first-order valence-electron chi connectivity index (χ1n) is 6.60. The fourth-order valence-electron chi connectivity index (χ4n) is 2.09. The Labute approximate surface area is 119 Å². The van der Waals surface area contributed by atoms with Crippen LogP contribution in [0, 0.1) is 0 Å². The fraction of sp³-hybridized carbons (Fsp3) is 0.375. The standard InChI is InChI=1S/C16H21NOS/c1-13(9-16-7-4-8-19-16)17-11-14-5-3-6-15(10-14)12-18-2/h3-8,10,13,17H,9,11-12H2,1-2H3. The van der Waals surface area contributed by atoms with E-state index in [1.165, 1.54) is 16.0 Å². The first-order valence-corrected chi connectivity index (χ1v) is 7.48. The second kappa shape index (κ2) is 7.43. The van der Waals surface area contributed by atoms with Gasteiger partial charge in [-0.3, -0.25) is 0 Å². The molecule has 0 saturated carbocycles. The van der Waals surface area contributed by atoms with Crippen molar-refractivity contribution < 1.29 is 4.74 Å². The molecule has 1 atom stereocenters. The van der Waals surface area contributed by atoms with Crippen LogP contribution in [0.1, 0.15) is 22.9 Å². The van der Waals surface area contributed by atoms with E-state index in [0.717, 1.165) is 13.0 Å². The molecular formula is C16H21NOS. The molecule has 0 spiro atoms. The quantitative estimate of drug-likeness (QED) is 0.833. The van der Waals surface area contributed by atoms with Gasteiger partial charge in [0.2, 0.25) is 0 Å². The number of hydrogen-bond acceptors (Lipinski definition) is 3. The maximum atomic E-state index is 5.16. The van der Waals surface area contributed by atoms with Crippen molar-refractivity contribution in [3.8, 4) is 0 Å². The van der Waals surface area contributed by atoms with Gasteiger partial charge in [0.15, 0.2) is 0 Å². The summed E-state index contributed by atoms with van der Waals surface area (Å²) in [4.78, 5) is 1.44. The lowest BCUT2D eigenvalue weighted by Gasteiger charge is -2.13. The van der Waals surface area contributed by atoms with Crippen molar-refractivity contribution in [2.45, 2.75) is 32.5 Å². The van der Waals surface area contributed by atoms with E-state index in [1.54, 1.807) is 7.11 Å². The second-order valence-corrected chi connectivity index (χ2v) is 5.85. The van der Waals surface area contributed by atoms with E-state index in [-0.39, 0.29) is 0 Å². The summed E-state index contributed by atoms with van der Waals surface area (Å²) in [5.41, 5.74) is 2.54. The van der Waals surface area contributed by atoms with E-state index < -0.39 is 0 Å². The molecule has 1 aromatic carbocycles. The molecule has 1 aromatic heterocycles. The van der Waals surface area contributed by atoms with Gasteiger partial charge in [-0.2, -0.15) is 0 Å². The zero-order chi connectivity index (χ0) is 13.5. The van der Waals surface area contributed by atoms with Crippen molar-refractivity contribution in [3.05, 3.63) is 57.8 Å². The highest BCUT2D eigenvalue weighted by Crippen LogP contribution is 2.12. The second-order valence-electron chi connectivity index (χ2n) is 4.82. The summed E-state index contributed by atoms with van der Waals surface area (Å²) in [5, 5.41) is 5.71. The van der Waals surface area contributed by atoms with Crippen molar-refractivity contribution >= 4 is 11.3 Å². The van der Waals surface area contributed by atoms with Crippen LogP contribution in [0.15, 0.2) is 41.8 Å². The molecule has 0 amide bonds. The summed E-state index contributed by atoms with van der Waals surface area (Å²) in [7, 11) is 1.73. The Balaban J connectivity index is 1.82. The number of benzene rings is 1. The van der Waals surface area contributed by atoms with Gasteiger partial charge in [-0.25, -0.2) is 0 Å². The first kappa shape index (κ1) is 14.3. The molecule has 1 heterocycles. The van der Waals surface area contributed by atoms with Crippen LogP contribution in [-0.2, 0) is 24.3 Å². The highest BCUT2D eigenvalue weighted by atomic mass is 32.1. The Morgan fingerprint density at radius 2 is 2.05 bits per heavy atom. The Morgan fingerprint density at radius 1 is 1.21 bits per heavy atom. The number of rotatable bonds is 7. The Morgan fingerprint density at radius 3 is 2.79 bits per heavy atom. The minimum Gasteiger partial charge on any atom is -0.380 e. The molecule has 2 nitrogen and oxygen atoms in total. The normalized spacial score (nSPS) is 12.5. The van der Waals surface area contributed by atoms with Crippen molar-refractivity contribution in [3.63, 3.8) is 0 Å². The third-order valence-electron chi connectivity index (χ3n) is 3.04. The zero-order valence-corrected chi connectivity index (χ0v) is 12.4. The number of hydrogen-bond donors (Lipinski definition) is 1. The molecule has 2 aromatic rings. The zero-order valence-electron chi connectivity index (χ0n) is 11.6. The van der Waals surface area contributed by atoms with Crippen LogP contribution in [0.25, 0.3) is 0 Å². The summed E-state index contributed by atoms with van der Waals surface area (Å²) in [6.07, 6.45) is 1.09. The smallest absolute Gasteiger partial charge is 0.0713 e. The average molecular weight is 275 g/mol. The van der Waals surface area contributed by atoms with Crippen LogP contribution in [0.4, 0.5) is 0 Å². The topological polar surface area (TPSA) is 21.3 Å². The van der Waals surface area contributed by atoms with Gasteiger partial charge in [-0.15, -0.1) is 11.3 Å². The molecule has 0 fully saturated rings. The maximum absolute atomic E-state index is 5.16. The summed E-state index contributed by atoms with van der Waals surface area (Å²) in [5.74, 6) is 0. The summed E-state index contributed by atoms with van der Waals surface area (Å²) in [6.45, 7) is 3.82. The number of ether oxygens (including phenoxy) is 1. The molecule has 0 aliphatic heterocycles. The number of methoxy groups -OCH3 is 1. The van der Waals surface area contributed by atoms with Crippen LogP contribution in [0.3, 0.4) is 0 Å². The molecule has 0 aliphatic rings. The third kappa shape index (κ3) is 4.78. The van der Waals surface area contributed by atoms with E-state index in [9.17, 15) is 0 Å². The lowest BCUT2D eigenvalue weighted by molar-refractivity contribution is 0.185. The van der Waals surface area contributed by atoms with E-state index in [1.807, 2.05) is 11.3 Å². The average Bonchev–Trinajstić information content (AvgIpc) is 2.90. The minimum atomic E-state index is 0.490. The monoisotopic (exact) mass is 275 g/mol. The summed E-state index contributed by atoms with van der Waals surface area (Å²) >= 11 is 1.83. The van der Waals surface area contributed by atoms with E-state index in [0.29, 0.717) is 12.6 Å². The van der Waals surface area contributed by atoms with Gasteiger partial charge < -0.3 is 10.1 Å². The number of thiophene rings is 1. The molecule has 3 heteroatoms. The Hall–Kier alpha value is -1.16. The highest BCUT2D eigenvalue weighted by Gasteiger charge is 2.04. The predicted octanol–water partition coefficient (Wildman–Crippen LogP) is 3.62. The van der Waals surface area contributed by atoms with Crippen LogP contribution in [-0.4, -0.2) is 13.2 Å². The largest absolute Gasteiger partial charge is 0.380 e.